The Balaban J connectivity index is 1.10. The van der Waals surface area contributed by atoms with Crippen LogP contribution in [0.15, 0.2) is 106 Å². The van der Waals surface area contributed by atoms with Crippen LogP contribution in [0, 0.1) is 13.8 Å². The van der Waals surface area contributed by atoms with E-state index in [0.717, 1.165) is 0 Å². The van der Waals surface area contributed by atoms with Gasteiger partial charge >= 0.3 is 0 Å². The van der Waals surface area contributed by atoms with E-state index in [4.69, 9.17) is 37.0 Å². The van der Waals surface area contributed by atoms with E-state index < -0.39 is 0 Å². The van der Waals surface area contributed by atoms with Crippen molar-refractivity contribution in [1.82, 2.24) is 10.3 Å². The molecule has 6 aromatic rings. The van der Waals surface area contributed by atoms with E-state index >= 15 is 0 Å². The van der Waals surface area contributed by atoms with Crippen LogP contribution < -0.4 is 15.4 Å². The van der Waals surface area contributed by atoms with Crippen molar-refractivity contribution in [3.63, 3.8) is 0 Å². The van der Waals surface area contributed by atoms with Crippen LogP contribution in [0.5, 0.6) is 11.5 Å². The van der Waals surface area contributed by atoms with Crippen molar-refractivity contribution in [1.29, 1.82) is 0 Å². The van der Waals surface area contributed by atoms with Crippen LogP contribution in [0.25, 0.3) is 22.5 Å². The highest BCUT2D eigenvalue weighted by atomic mass is 35.5. The van der Waals surface area contributed by atoms with Gasteiger partial charge in [0, 0.05) is 22.5 Å². The van der Waals surface area contributed by atoms with Crippen LogP contribution in [0.4, 0.5) is 11.4 Å². The summed E-state index contributed by atoms with van der Waals surface area (Å²) in [5, 5.41) is 14.8. The number of carbonyl (C=O) groups excluding carboxylic acids is 2. The number of nitrogens with one attached hydrogen (secondary N) is 2. The second-order valence-electron chi connectivity index (χ2n) is 9.94. The molecule has 2 heterocycles. The summed E-state index contributed by atoms with van der Waals surface area (Å²) in [5.41, 5.74) is 3.65. The minimum Gasteiger partial charge on any atom is -0.457 e. The molecule has 224 valence electrons. The summed E-state index contributed by atoms with van der Waals surface area (Å²) >= 11 is 12.6. The number of rotatable bonds is 8. The first-order chi connectivity index (χ1) is 21.8. The van der Waals surface area contributed by atoms with Gasteiger partial charge in [-0.1, -0.05) is 69.9 Å². The summed E-state index contributed by atoms with van der Waals surface area (Å²) < 4.78 is 16.6. The zero-order valence-corrected chi connectivity index (χ0v) is 25.4. The van der Waals surface area contributed by atoms with E-state index in [1.807, 2.05) is 12.1 Å². The Kier molecular flexibility index (Phi) is 8.37. The number of aryl methyl sites for hydroxylation is 2. The number of carbonyl (C=O) groups is 2. The second kappa shape index (κ2) is 12.7. The third-order valence-corrected chi connectivity index (χ3v) is 7.56. The Labute approximate surface area is 267 Å². The lowest BCUT2D eigenvalue weighted by atomic mass is 10.1. The number of benzene rings is 4. The van der Waals surface area contributed by atoms with Gasteiger partial charge in [0.1, 0.15) is 45.5 Å². The van der Waals surface area contributed by atoms with Crippen LogP contribution in [0.3, 0.4) is 0 Å². The van der Waals surface area contributed by atoms with Crippen molar-refractivity contribution in [3.8, 4) is 34.0 Å². The monoisotopic (exact) mass is 638 g/mol. The van der Waals surface area contributed by atoms with Crippen molar-refractivity contribution < 1.29 is 23.4 Å². The van der Waals surface area contributed by atoms with E-state index in [1.54, 1.807) is 98.8 Å². The lowest BCUT2D eigenvalue weighted by Gasteiger charge is -2.10. The molecule has 2 amide bonds. The number of nitrogens with zero attached hydrogens (tertiary/aromatic N) is 2. The fraction of sp³-hybridized carbons (Fsp3) is 0.0588. The molecule has 0 aliphatic heterocycles. The van der Waals surface area contributed by atoms with E-state index in [9.17, 15) is 9.59 Å². The number of anilines is 2. The fourth-order valence-corrected chi connectivity index (χ4v) is 5.14. The molecule has 2 aromatic heterocycles. The molecule has 11 heteroatoms. The summed E-state index contributed by atoms with van der Waals surface area (Å²) in [4.78, 5) is 26.3. The molecule has 0 spiro atoms. The maximum atomic E-state index is 13.2. The molecule has 9 nitrogen and oxygen atoms in total. The Morgan fingerprint density at radius 1 is 0.600 bits per heavy atom. The molecule has 4 aromatic carbocycles. The van der Waals surface area contributed by atoms with Gasteiger partial charge in [0.25, 0.3) is 11.8 Å². The van der Waals surface area contributed by atoms with Gasteiger partial charge in [-0.15, -0.1) is 0 Å². The Hall–Kier alpha value is -5.38. The molecule has 0 radical (unpaired) electrons. The molecule has 0 fully saturated rings. The van der Waals surface area contributed by atoms with E-state index in [1.165, 1.54) is 0 Å². The maximum Gasteiger partial charge on any atom is 0.261 e. The van der Waals surface area contributed by atoms with Gasteiger partial charge < -0.3 is 24.4 Å². The predicted octanol–water partition coefficient (Wildman–Crippen LogP) is 9.22. The number of aromatic nitrogens is 2. The van der Waals surface area contributed by atoms with Crippen LogP contribution in [0.2, 0.25) is 10.0 Å². The quantitative estimate of drug-likeness (QED) is 0.170. The summed E-state index contributed by atoms with van der Waals surface area (Å²) in [5.74, 6) is 1.09. The normalized spacial score (nSPS) is 10.8. The Morgan fingerprint density at radius 3 is 1.36 bits per heavy atom. The van der Waals surface area contributed by atoms with Crippen molar-refractivity contribution in [2.75, 3.05) is 10.6 Å². The number of amides is 2. The summed E-state index contributed by atoms with van der Waals surface area (Å²) in [6.45, 7) is 3.34. The zero-order valence-electron chi connectivity index (χ0n) is 23.9. The molecule has 0 saturated heterocycles. The minimum atomic E-state index is -0.379. The molecular weight excluding hydrogens is 615 g/mol. The van der Waals surface area contributed by atoms with Gasteiger partial charge in [-0.05, 0) is 74.5 Å². The van der Waals surface area contributed by atoms with E-state index in [2.05, 4.69) is 20.9 Å². The highest BCUT2D eigenvalue weighted by Gasteiger charge is 2.24. The van der Waals surface area contributed by atoms with Crippen LogP contribution >= 0.6 is 23.2 Å². The molecule has 6 rings (SSSR count). The molecule has 2 N–H and O–H groups in total. The summed E-state index contributed by atoms with van der Waals surface area (Å²) in [6.07, 6.45) is 0. The Morgan fingerprint density at radius 2 is 0.978 bits per heavy atom. The van der Waals surface area contributed by atoms with Gasteiger partial charge in [0.05, 0.1) is 10.0 Å². The van der Waals surface area contributed by atoms with E-state index in [0.29, 0.717) is 78.1 Å². The minimum absolute atomic E-state index is 0.301. The molecule has 0 unspecified atom stereocenters. The third kappa shape index (κ3) is 6.31. The predicted molar refractivity (Wildman–Crippen MR) is 172 cm³/mol. The van der Waals surface area contributed by atoms with Gasteiger partial charge in [0.15, 0.2) is 0 Å². The maximum absolute atomic E-state index is 13.2. The van der Waals surface area contributed by atoms with Gasteiger partial charge in [-0.3, -0.25) is 9.59 Å². The van der Waals surface area contributed by atoms with E-state index in [-0.39, 0.29) is 11.8 Å². The molecular formula is C34H24Cl2N4O5. The average molecular weight is 639 g/mol. The molecule has 45 heavy (non-hydrogen) atoms. The van der Waals surface area contributed by atoms with Gasteiger partial charge in [0.2, 0.25) is 0 Å². The number of hydrogen-bond donors (Lipinski definition) is 2. The number of halogens is 2. The van der Waals surface area contributed by atoms with Crippen molar-refractivity contribution in [2.24, 2.45) is 0 Å². The first-order valence-corrected chi connectivity index (χ1v) is 14.5. The second-order valence-corrected chi connectivity index (χ2v) is 10.8. The molecule has 0 saturated carbocycles. The topological polar surface area (TPSA) is 119 Å². The van der Waals surface area contributed by atoms with Gasteiger partial charge in [-0.25, -0.2) is 0 Å². The first-order valence-electron chi connectivity index (χ1n) is 13.7. The van der Waals surface area contributed by atoms with Crippen LogP contribution in [-0.2, 0) is 0 Å². The lowest BCUT2D eigenvalue weighted by molar-refractivity contribution is 0.101. The van der Waals surface area contributed by atoms with Crippen molar-refractivity contribution in [2.45, 2.75) is 13.8 Å². The zero-order chi connectivity index (χ0) is 31.5. The Bertz CT molecular complexity index is 1870. The SMILES string of the molecule is Cc1onc(-c2ccccc2Cl)c1C(=O)Nc1ccc(Oc2ccc(NC(=O)c3c(-c4ccccc4Cl)noc3C)cc2)cc1. The standard InChI is InChI=1S/C34H24Cl2N4O5/c1-19-29(31(39-44-19)25-7-3-5-9-27(25)35)33(41)37-21-11-15-23(16-12-21)43-24-17-13-22(14-18-24)38-34(42)30-20(2)45-40-32(30)26-8-4-6-10-28(26)36/h3-18H,1-2H3,(H,37,41)(H,38,42). The van der Waals surface area contributed by atoms with Crippen molar-refractivity contribution in [3.05, 3.63) is 130 Å². The van der Waals surface area contributed by atoms with Crippen LogP contribution in [-0.4, -0.2) is 22.1 Å². The smallest absolute Gasteiger partial charge is 0.261 e. The summed E-state index contributed by atoms with van der Waals surface area (Å²) in [6, 6.07) is 28.0. The molecule has 0 atom stereocenters. The average Bonchev–Trinajstić information content (AvgIpc) is 3.61. The third-order valence-electron chi connectivity index (χ3n) is 6.90. The molecule has 0 bridgehead atoms. The first kappa shape index (κ1) is 29.7. The fourth-order valence-electron chi connectivity index (χ4n) is 4.69. The molecule has 0 aliphatic rings. The highest BCUT2D eigenvalue weighted by Crippen LogP contribution is 2.33. The highest BCUT2D eigenvalue weighted by molar-refractivity contribution is 6.34. The molecule has 0 aliphatic carbocycles. The number of hydrogen-bond acceptors (Lipinski definition) is 7. The van der Waals surface area contributed by atoms with Gasteiger partial charge in [-0.2, -0.15) is 0 Å². The lowest BCUT2D eigenvalue weighted by Crippen LogP contribution is -2.13. The van der Waals surface area contributed by atoms with Crippen molar-refractivity contribution >= 4 is 46.4 Å². The number of ether oxygens (including phenoxy) is 1. The largest absolute Gasteiger partial charge is 0.457 e. The van der Waals surface area contributed by atoms with Crippen LogP contribution in [0.1, 0.15) is 32.2 Å². The summed E-state index contributed by atoms with van der Waals surface area (Å²) in [7, 11) is 0.